The van der Waals surface area contributed by atoms with E-state index in [1.54, 1.807) is 13.0 Å². The Morgan fingerprint density at radius 3 is 2.50 bits per heavy atom. The fourth-order valence-corrected chi connectivity index (χ4v) is 4.82. The van der Waals surface area contributed by atoms with E-state index in [4.69, 9.17) is 0 Å². The van der Waals surface area contributed by atoms with Crippen LogP contribution in [0.5, 0.6) is 0 Å². The van der Waals surface area contributed by atoms with Crippen molar-refractivity contribution < 1.29 is 8.42 Å². The summed E-state index contributed by atoms with van der Waals surface area (Å²) >= 11 is 3.42. The maximum absolute atomic E-state index is 12.7. The molecule has 1 aromatic carbocycles. The second-order valence-electron chi connectivity index (χ2n) is 5.50. The molecular formula is C16H15BrN2O2S. The van der Waals surface area contributed by atoms with Crippen LogP contribution in [0.1, 0.15) is 12.5 Å². The van der Waals surface area contributed by atoms with Crippen LogP contribution in [0.4, 0.5) is 0 Å². The molecule has 6 heteroatoms. The first-order valence-electron chi connectivity index (χ1n) is 6.80. The van der Waals surface area contributed by atoms with Gasteiger partial charge in [-0.1, -0.05) is 46.3 Å². The van der Waals surface area contributed by atoms with E-state index in [1.807, 2.05) is 36.4 Å². The van der Waals surface area contributed by atoms with Gasteiger partial charge in [-0.3, -0.25) is 0 Å². The van der Waals surface area contributed by atoms with Crippen LogP contribution in [-0.4, -0.2) is 31.0 Å². The number of sulfone groups is 1. The Labute approximate surface area is 138 Å². The summed E-state index contributed by atoms with van der Waals surface area (Å²) in [5, 5.41) is 0. The minimum Gasteiger partial charge on any atom is -0.234 e. The SMILES string of the molecule is CC1=NC2=CC(Br)=CC(Cc3ccccc3)(S(C)(=O)=O)C2=N1. The topological polar surface area (TPSA) is 58.9 Å². The summed E-state index contributed by atoms with van der Waals surface area (Å²) in [7, 11) is -3.45. The molecule has 0 aromatic heterocycles. The van der Waals surface area contributed by atoms with E-state index in [9.17, 15) is 8.42 Å². The van der Waals surface area contributed by atoms with E-state index >= 15 is 0 Å². The number of hydrogen-bond acceptors (Lipinski definition) is 4. The van der Waals surface area contributed by atoms with Crippen LogP contribution < -0.4 is 0 Å². The van der Waals surface area contributed by atoms with Crippen molar-refractivity contribution in [3.63, 3.8) is 0 Å². The zero-order valence-electron chi connectivity index (χ0n) is 12.2. The van der Waals surface area contributed by atoms with Gasteiger partial charge in [-0.05, 0) is 24.6 Å². The summed E-state index contributed by atoms with van der Waals surface area (Å²) < 4.78 is 24.9. The summed E-state index contributed by atoms with van der Waals surface area (Å²) in [5.41, 5.74) is 2.07. The highest BCUT2D eigenvalue weighted by Gasteiger charge is 2.48. The predicted molar refractivity (Wildman–Crippen MR) is 93.4 cm³/mol. The molecular weight excluding hydrogens is 364 g/mol. The van der Waals surface area contributed by atoms with Crippen LogP contribution in [0.15, 0.2) is 62.6 Å². The highest BCUT2D eigenvalue weighted by atomic mass is 79.9. The Kier molecular flexibility index (Phi) is 3.69. The third kappa shape index (κ3) is 2.50. The molecule has 1 unspecified atom stereocenters. The zero-order chi connectivity index (χ0) is 16.0. The second-order valence-corrected chi connectivity index (χ2v) is 8.69. The molecule has 1 heterocycles. The molecule has 0 fully saturated rings. The molecule has 2 aliphatic rings. The minimum atomic E-state index is -3.45. The normalized spacial score (nSPS) is 24.1. The van der Waals surface area contributed by atoms with Gasteiger partial charge in [-0.25, -0.2) is 18.4 Å². The first-order chi connectivity index (χ1) is 10.3. The molecule has 0 radical (unpaired) electrons. The molecule has 22 heavy (non-hydrogen) atoms. The first kappa shape index (κ1) is 15.4. The number of allylic oxidation sites excluding steroid dienone is 3. The zero-order valence-corrected chi connectivity index (χ0v) is 14.6. The van der Waals surface area contributed by atoms with Crippen molar-refractivity contribution in [1.82, 2.24) is 0 Å². The number of rotatable bonds is 3. The van der Waals surface area contributed by atoms with Crippen molar-refractivity contribution in [1.29, 1.82) is 0 Å². The van der Waals surface area contributed by atoms with Crippen molar-refractivity contribution in [3.05, 3.63) is 58.2 Å². The lowest BCUT2D eigenvalue weighted by Crippen LogP contribution is -2.47. The Bertz CT molecular complexity index is 851. The largest absolute Gasteiger partial charge is 0.234 e. The van der Waals surface area contributed by atoms with Gasteiger partial charge in [0.1, 0.15) is 10.6 Å². The number of benzene rings is 1. The van der Waals surface area contributed by atoms with Crippen molar-refractivity contribution in [2.45, 2.75) is 18.1 Å². The molecule has 4 nitrogen and oxygen atoms in total. The first-order valence-corrected chi connectivity index (χ1v) is 9.49. The van der Waals surface area contributed by atoms with Crippen molar-refractivity contribution in [2.24, 2.45) is 9.98 Å². The van der Waals surface area contributed by atoms with Crippen LogP contribution in [0.25, 0.3) is 0 Å². The molecule has 1 aliphatic carbocycles. The number of halogens is 1. The molecule has 1 atom stereocenters. The molecule has 0 saturated heterocycles. The average Bonchev–Trinajstić information content (AvgIpc) is 2.79. The third-order valence-corrected chi connectivity index (χ3v) is 6.05. The van der Waals surface area contributed by atoms with Gasteiger partial charge in [0.05, 0.1) is 11.4 Å². The smallest absolute Gasteiger partial charge is 0.162 e. The van der Waals surface area contributed by atoms with Crippen molar-refractivity contribution in [2.75, 3.05) is 6.26 Å². The van der Waals surface area contributed by atoms with E-state index in [0.717, 1.165) is 5.56 Å². The van der Waals surface area contributed by atoms with Crippen LogP contribution in [0.3, 0.4) is 0 Å². The molecule has 3 rings (SSSR count). The van der Waals surface area contributed by atoms with Gasteiger partial charge in [-0.15, -0.1) is 0 Å². The molecule has 0 saturated carbocycles. The summed E-state index contributed by atoms with van der Waals surface area (Å²) in [6.45, 7) is 1.77. The lowest BCUT2D eigenvalue weighted by Gasteiger charge is -2.32. The number of hydrogen-bond donors (Lipinski definition) is 0. The van der Waals surface area contributed by atoms with Gasteiger partial charge in [-0.2, -0.15) is 0 Å². The van der Waals surface area contributed by atoms with Gasteiger partial charge in [0.25, 0.3) is 0 Å². The number of nitrogens with zero attached hydrogens (tertiary/aromatic N) is 2. The van der Waals surface area contributed by atoms with Gasteiger partial charge in [0.15, 0.2) is 9.84 Å². The number of aliphatic imine (C=N–C) groups is 2. The average molecular weight is 379 g/mol. The minimum absolute atomic E-state index is 0.334. The molecule has 0 amide bonds. The van der Waals surface area contributed by atoms with E-state index < -0.39 is 14.6 Å². The fraction of sp³-hybridized carbons (Fsp3) is 0.250. The molecule has 1 aromatic rings. The Morgan fingerprint density at radius 1 is 1.18 bits per heavy atom. The molecule has 0 spiro atoms. The number of amidine groups is 1. The van der Waals surface area contributed by atoms with Crippen molar-refractivity contribution in [3.8, 4) is 0 Å². The molecule has 114 valence electrons. The van der Waals surface area contributed by atoms with Crippen LogP contribution in [0.2, 0.25) is 0 Å². The quantitative estimate of drug-likeness (QED) is 0.811. The monoisotopic (exact) mass is 378 g/mol. The number of fused-ring (bicyclic) bond motifs is 1. The summed E-state index contributed by atoms with van der Waals surface area (Å²) in [6.07, 6.45) is 5.13. The standard InChI is InChI=1S/C16H15BrN2O2S/c1-11-18-14-8-13(17)10-16(15(14)19-11,22(2,20)21)9-12-6-4-3-5-7-12/h3-8,10H,9H2,1-2H3. The highest BCUT2D eigenvalue weighted by Crippen LogP contribution is 2.38. The fourth-order valence-electron chi connectivity index (χ4n) is 2.79. The van der Waals surface area contributed by atoms with Gasteiger partial charge < -0.3 is 0 Å². The Morgan fingerprint density at radius 2 is 1.86 bits per heavy atom. The van der Waals surface area contributed by atoms with Crippen LogP contribution in [-0.2, 0) is 16.3 Å². The Hall–Kier alpha value is -1.53. The lowest BCUT2D eigenvalue weighted by atomic mass is 9.88. The van der Waals surface area contributed by atoms with E-state index in [-0.39, 0.29) is 0 Å². The second kappa shape index (κ2) is 5.28. The van der Waals surface area contributed by atoms with Gasteiger partial charge in [0.2, 0.25) is 0 Å². The highest BCUT2D eigenvalue weighted by molar-refractivity contribution is 9.11. The maximum Gasteiger partial charge on any atom is 0.162 e. The van der Waals surface area contributed by atoms with E-state index in [2.05, 4.69) is 25.9 Å². The van der Waals surface area contributed by atoms with E-state index in [0.29, 0.717) is 28.1 Å². The third-order valence-electron chi connectivity index (χ3n) is 3.82. The van der Waals surface area contributed by atoms with Crippen molar-refractivity contribution >= 4 is 37.3 Å². The van der Waals surface area contributed by atoms with Crippen LogP contribution in [0, 0.1) is 0 Å². The molecule has 0 N–H and O–H groups in total. The van der Waals surface area contributed by atoms with E-state index in [1.165, 1.54) is 6.26 Å². The van der Waals surface area contributed by atoms with Crippen LogP contribution >= 0.6 is 15.9 Å². The predicted octanol–water partition coefficient (Wildman–Crippen LogP) is 3.06. The molecule has 1 aliphatic heterocycles. The van der Waals surface area contributed by atoms with Gasteiger partial charge in [0, 0.05) is 17.2 Å². The summed E-state index contributed by atoms with van der Waals surface area (Å²) in [6, 6.07) is 9.57. The molecule has 0 bridgehead atoms. The lowest BCUT2D eigenvalue weighted by molar-refractivity contribution is 0.583. The maximum atomic E-state index is 12.7. The summed E-state index contributed by atoms with van der Waals surface area (Å²) in [5.74, 6) is 0.581. The summed E-state index contributed by atoms with van der Waals surface area (Å²) in [4.78, 5) is 8.77. The van der Waals surface area contributed by atoms with Gasteiger partial charge >= 0.3 is 0 Å². The Balaban J connectivity index is 2.20.